The third-order valence-electron chi connectivity index (χ3n) is 4.20. The van der Waals surface area contributed by atoms with Crippen molar-refractivity contribution in [1.82, 2.24) is 19.7 Å². The average molecular weight is 435 g/mol. The van der Waals surface area contributed by atoms with Crippen LogP contribution in [0.5, 0.6) is 0 Å². The van der Waals surface area contributed by atoms with Gasteiger partial charge in [0.1, 0.15) is 5.25 Å². The van der Waals surface area contributed by atoms with E-state index in [1.807, 2.05) is 47.9 Å². The first-order valence-corrected chi connectivity index (χ1v) is 10.4. The molecule has 1 amide bonds. The smallest absolute Gasteiger partial charge is 0.240 e. The lowest BCUT2D eigenvalue weighted by Gasteiger charge is -2.20. The molecule has 1 heterocycles. The Kier molecular flexibility index (Phi) is 6.65. The quantitative estimate of drug-likeness (QED) is 0.500. The molecule has 0 bridgehead atoms. The van der Waals surface area contributed by atoms with Gasteiger partial charge >= 0.3 is 0 Å². The fourth-order valence-corrected chi connectivity index (χ4v) is 4.50. The monoisotopic (exact) mass is 434 g/mol. The van der Waals surface area contributed by atoms with Crippen LogP contribution in [0.1, 0.15) is 17.7 Å². The van der Waals surface area contributed by atoms with E-state index in [0.717, 1.165) is 11.1 Å². The summed E-state index contributed by atoms with van der Waals surface area (Å²) in [6.45, 7) is 2.65. The number of carbonyl (C=O) groups is 1. The highest BCUT2D eigenvalue weighted by Gasteiger charge is 2.27. The van der Waals surface area contributed by atoms with E-state index in [1.54, 1.807) is 31.1 Å². The number of thioether (sulfide) groups is 1. The van der Waals surface area contributed by atoms with Crippen LogP contribution in [0, 0.1) is 0 Å². The molecule has 5 nitrogen and oxygen atoms in total. The Labute approximate surface area is 178 Å². The van der Waals surface area contributed by atoms with Crippen molar-refractivity contribution in [2.45, 2.75) is 23.9 Å². The Morgan fingerprint density at radius 3 is 2.46 bits per heavy atom. The van der Waals surface area contributed by atoms with E-state index < -0.39 is 5.25 Å². The molecule has 0 saturated carbocycles. The zero-order chi connectivity index (χ0) is 20.3. The fourth-order valence-electron chi connectivity index (χ4n) is 2.76. The molecule has 1 unspecified atom stereocenters. The van der Waals surface area contributed by atoms with Crippen molar-refractivity contribution in [2.75, 3.05) is 14.1 Å². The SMILES string of the molecule is CCn1c(SC(C(=O)N(C)C)c2ccccc2)nnc1-c1ccc(Cl)cc1Cl. The van der Waals surface area contributed by atoms with Crippen LogP contribution in [-0.2, 0) is 11.3 Å². The van der Waals surface area contributed by atoms with Gasteiger partial charge in [0.05, 0.1) is 5.02 Å². The second-order valence-electron chi connectivity index (χ2n) is 6.32. The molecule has 0 aliphatic heterocycles. The topological polar surface area (TPSA) is 51.0 Å². The molecule has 146 valence electrons. The summed E-state index contributed by atoms with van der Waals surface area (Å²) in [4.78, 5) is 14.4. The molecule has 3 rings (SSSR count). The third-order valence-corrected chi connectivity index (χ3v) is 5.97. The van der Waals surface area contributed by atoms with Gasteiger partial charge < -0.3 is 9.47 Å². The van der Waals surface area contributed by atoms with Crippen LogP contribution in [0.4, 0.5) is 0 Å². The maximum atomic E-state index is 12.8. The van der Waals surface area contributed by atoms with Gasteiger partial charge in [-0.15, -0.1) is 10.2 Å². The van der Waals surface area contributed by atoms with Crippen molar-refractivity contribution < 1.29 is 4.79 Å². The summed E-state index contributed by atoms with van der Waals surface area (Å²) in [5.41, 5.74) is 1.67. The van der Waals surface area contributed by atoms with E-state index in [0.29, 0.717) is 27.6 Å². The minimum Gasteiger partial charge on any atom is -0.348 e. The minimum absolute atomic E-state index is 0.00655. The van der Waals surface area contributed by atoms with Crippen LogP contribution in [0.3, 0.4) is 0 Å². The zero-order valence-corrected chi connectivity index (χ0v) is 18.1. The summed E-state index contributed by atoms with van der Waals surface area (Å²) in [6.07, 6.45) is 0. The van der Waals surface area contributed by atoms with Crippen LogP contribution in [0.15, 0.2) is 53.7 Å². The van der Waals surface area contributed by atoms with Crippen LogP contribution in [-0.4, -0.2) is 39.7 Å². The Hall–Kier alpha value is -2.02. The molecule has 28 heavy (non-hydrogen) atoms. The van der Waals surface area contributed by atoms with Gasteiger partial charge in [-0.2, -0.15) is 0 Å². The molecule has 3 aromatic rings. The lowest BCUT2D eigenvalue weighted by molar-refractivity contribution is -0.128. The number of likely N-dealkylation sites (N-methyl/N-ethyl adjacent to an activating group) is 1. The minimum atomic E-state index is -0.417. The summed E-state index contributed by atoms with van der Waals surface area (Å²) in [7, 11) is 3.50. The maximum Gasteiger partial charge on any atom is 0.240 e. The first-order valence-electron chi connectivity index (χ1n) is 8.73. The van der Waals surface area contributed by atoms with Crippen LogP contribution in [0.25, 0.3) is 11.4 Å². The Morgan fingerprint density at radius 1 is 1.14 bits per heavy atom. The standard InChI is InChI=1S/C20H20Cl2N4OS/c1-4-26-18(15-11-10-14(21)12-16(15)22)23-24-20(26)28-17(19(27)25(2)3)13-8-6-5-7-9-13/h5-12,17H,4H2,1-3H3. The first-order chi connectivity index (χ1) is 13.4. The second kappa shape index (κ2) is 8.99. The summed E-state index contributed by atoms with van der Waals surface area (Å²) in [6, 6.07) is 15.0. The summed E-state index contributed by atoms with van der Waals surface area (Å²) in [5, 5.41) is 10.00. The third kappa shape index (κ3) is 4.35. The summed E-state index contributed by atoms with van der Waals surface area (Å²) >= 11 is 13.8. The molecule has 0 aliphatic rings. The average Bonchev–Trinajstić information content (AvgIpc) is 3.08. The Morgan fingerprint density at radius 2 is 1.86 bits per heavy atom. The van der Waals surface area contributed by atoms with Gasteiger partial charge in [0.25, 0.3) is 0 Å². The lowest BCUT2D eigenvalue weighted by atomic mass is 10.1. The van der Waals surface area contributed by atoms with Crippen molar-refractivity contribution in [1.29, 1.82) is 0 Å². The Balaban J connectivity index is 2.01. The van der Waals surface area contributed by atoms with Crippen molar-refractivity contribution in [3.8, 4) is 11.4 Å². The number of carbonyl (C=O) groups excluding carboxylic acids is 1. The van der Waals surface area contributed by atoms with Gasteiger partial charge in [-0.05, 0) is 30.7 Å². The largest absolute Gasteiger partial charge is 0.348 e. The van der Waals surface area contributed by atoms with E-state index in [4.69, 9.17) is 23.2 Å². The molecular weight excluding hydrogens is 415 g/mol. The number of halogens is 2. The molecule has 0 saturated heterocycles. The predicted octanol–water partition coefficient (Wildman–Crippen LogP) is 5.19. The molecule has 0 aliphatic carbocycles. The van der Waals surface area contributed by atoms with Crippen LogP contribution >= 0.6 is 35.0 Å². The van der Waals surface area contributed by atoms with E-state index in [2.05, 4.69) is 10.2 Å². The highest BCUT2D eigenvalue weighted by Crippen LogP contribution is 2.38. The second-order valence-corrected chi connectivity index (χ2v) is 8.23. The van der Waals surface area contributed by atoms with Gasteiger partial charge in [0, 0.05) is 31.2 Å². The molecule has 1 aromatic heterocycles. The van der Waals surface area contributed by atoms with E-state index in [9.17, 15) is 4.79 Å². The number of hydrogen-bond acceptors (Lipinski definition) is 4. The van der Waals surface area contributed by atoms with Gasteiger partial charge in [-0.25, -0.2) is 0 Å². The van der Waals surface area contributed by atoms with E-state index in [1.165, 1.54) is 11.8 Å². The first kappa shape index (κ1) is 20.7. The van der Waals surface area contributed by atoms with Gasteiger partial charge in [-0.3, -0.25) is 4.79 Å². The number of hydrogen-bond donors (Lipinski definition) is 0. The van der Waals surface area contributed by atoms with Crippen LogP contribution in [0.2, 0.25) is 10.0 Å². The number of rotatable bonds is 6. The molecule has 0 N–H and O–H groups in total. The van der Waals surface area contributed by atoms with Crippen LogP contribution < -0.4 is 0 Å². The van der Waals surface area contributed by atoms with Crippen molar-refractivity contribution in [3.63, 3.8) is 0 Å². The van der Waals surface area contributed by atoms with E-state index >= 15 is 0 Å². The highest BCUT2D eigenvalue weighted by molar-refractivity contribution is 8.00. The molecule has 1 atom stereocenters. The predicted molar refractivity (Wildman–Crippen MR) is 115 cm³/mol. The Bertz CT molecular complexity index is 976. The molecule has 0 fully saturated rings. The van der Waals surface area contributed by atoms with Gasteiger partial charge in [0.15, 0.2) is 11.0 Å². The number of amides is 1. The number of nitrogens with zero attached hydrogens (tertiary/aromatic N) is 4. The van der Waals surface area contributed by atoms with Crippen molar-refractivity contribution in [2.24, 2.45) is 0 Å². The molecule has 0 spiro atoms. The van der Waals surface area contributed by atoms with E-state index in [-0.39, 0.29) is 5.91 Å². The fraction of sp³-hybridized carbons (Fsp3) is 0.250. The summed E-state index contributed by atoms with van der Waals surface area (Å²) in [5.74, 6) is 0.642. The van der Waals surface area contributed by atoms with Crippen molar-refractivity contribution >= 4 is 40.9 Å². The molecule has 2 aromatic carbocycles. The highest BCUT2D eigenvalue weighted by atomic mass is 35.5. The normalized spacial score (nSPS) is 12.0. The number of aromatic nitrogens is 3. The van der Waals surface area contributed by atoms with Gasteiger partial charge in [0.2, 0.25) is 5.91 Å². The maximum absolute atomic E-state index is 12.8. The van der Waals surface area contributed by atoms with Crippen molar-refractivity contribution in [3.05, 3.63) is 64.1 Å². The molecule has 0 radical (unpaired) electrons. The number of benzene rings is 2. The summed E-state index contributed by atoms with van der Waals surface area (Å²) < 4.78 is 1.96. The molecular formula is C20H20Cl2N4OS. The van der Waals surface area contributed by atoms with Gasteiger partial charge in [-0.1, -0.05) is 65.3 Å². The lowest BCUT2D eigenvalue weighted by Crippen LogP contribution is -2.27. The molecule has 8 heteroatoms. The zero-order valence-electron chi connectivity index (χ0n) is 15.8.